The molecule has 0 saturated heterocycles. The third kappa shape index (κ3) is 5.01. The smallest absolute Gasteiger partial charge is 0.147 e. The third-order valence-corrected chi connectivity index (χ3v) is 5.97. The molecule has 0 radical (unpaired) electrons. The molecular formula is C26H33N5O. The number of aryl methyl sites for hydroxylation is 2. The van der Waals surface area contributed by atoms with Crippen molar-refractivity contribution in [1.29, 1.82) is 0 Å². The fraction of sp³-hybridized carbons (Fsp3) is 0.423. The highest BCUT2D eigenvalue weighted by molar-refractivity contribution is 6.00. The van der Waals surface area contributed by atoms with Gasteiger partial charge < -0.3 is 10.3 Å². The van der Waals surface area contributed by atoms with Crippen molar-refractivity contribution < 1.29 is 4.52 Å². The molecular weight excluding hydrogens is 398 g/mol. The fourth-order valence-electron chi connectivity index (χ4n) is 4.33. The minimum atomic E-state index is 0.543. The Hall–Kier alpha value is -3.15. The van der Waals surface area contributed by atoms with Crippen molar-refractivity contribution in [2.45, 2.75) is 64.8 Å². The molecule has 0 bridgehead atoms. The zero-order valence-corrected chi connectivity index (χ0v) is 19.0. The van der Waals surface area contributed by atoms with E-state index in [0.717, 1.165) is 98.3 Å². The monoisotopic (exact) mass is 431 g/mol. The van der Waals surface area contributed by atoms with E-state index in [4.69, 9.17) is 15.4 Å². The van der Waals surface area contributed by atoms with Gasteiger partial charge >= 0.3 is 0 Å². The third-order valence-electron chi connectivity index (χ3n) is 5.97. The summed E-state index contributed by atoms with van der Waals surface area (Å²) >= 11 is 0. The van der Waals surface area contributed by atoms with Gasteiger partial charge in [0.2, 0.25) is 0 Å². The number of hydrogen-bond acceptors (Lipinski definition) is 5. The second-order valence-corrected chi connectivity index (χ2v) is 8.47. The Morgan fingerprint density at radius 1 is 1.12 bits per heavy atom. The Kier molecular flexibility index (Phi) is 7.20. The lowest BCUT2D eigenvalue weighted by Crippen LogP contribution is -2.17. The molecule has 168 valence electrons. The minimum absolute atomic E-state index is 0.543. The maximum atomic E-state index is 6.36. The van der Waals surface area contributed by atoms with E-state index in [1.807, 2.05) is 36.4 Å². The van der Waals surface area contributed by atoms with E-state index in [0.29, 0.717) is 5.84 Å². The molecule has 3 aromatic rings. The van der Waals surface area contributed by atoms with E-state index < -0.39 is 0 Å². The van der Waals surface area contributed by atoms with E-state index in [1.54, 1.807) is 0 Å². The van der Waals surface area contributed by atoms with Crippen molar-refractivity contribution in [3.8, 4) is 11.3 Å². The maximum absolute atomic E-state index is 6.36. The zero-order valence-electron chi connectivity index (χ0n) is 19.0. The second kappa shape index (κ2) is 10.4. The van der Waals surface area contributed by atoms with Gasteiger partial charge in [-0.15, -0.1) is 0 Å². The molecule has 4 rings (SSSR count). The highest BCUT2D eigenvalue weighted by Gasteiger charge is 2.22. The summed E-state index contributed by atoms with van der Waals surface area (Å²) in [7, 11) is 0. The number of aromatic nitrogens is 3. The van der Waals surface area contributed by atoms with Gasteiger partial charge in [0.1, 0.15) is 23.0 Å². The first-order valence-electron chi connectivity index (χ1n) is 11.8. The van der Waals surface area contributed by atoms with Crippen LogP contribution < -0.4 is 5.73 Å². The molecule has 0 saturated carbocycles. The number of allylic oxidation sites excluding steroid dienone is 1. The number of nitrogens with zero attached hydrogens (tertiary/aromatic N) is 4. The molecule has 2 aromatic heterocycles. The fourth-order valence-corrected chi connectivity index (χ4v) is 4.33. The molecule has 6 heteroatoms. The van der Waals surface area contributed by atoms with Crippen molar-refractivity contribution in [3.05, 3.63) is 65.7 Å². The van der Waals surface area contributed by atoms with E-state index in [1.165, 1.54) is 5.69 Å². The molecule has 0 amide bonds. The van der Waals surface area contributed by atoms with E-state index >= 15 is 0 Å². The topological polar surface area (TPSA) is 82.2 Å². The zero-order chi connectivity index (χ0) is 22.3. The largest absolute Gasteiger partial charge is 0.382 e. The number of amidine groups is 1. The summed E-state index contributed by atoms with van der Waals surface area (Å²) in [4.78, 5) is 4.59. The van der Waals surface area contributed by atoms with Crippen LogP contribution in [0.25, 0.3) is 16.8 Å². The van der Waals surface area contributed by atoms with Crippen molar-refractivity contribution in [2.75, 3.05) is 6.54 Å². The quantitative estimate of drug-likeness (QED) is 0.542. The Morgan fingerprint density at radius 3 is 2.78 bits per heavy atom. The average Bonchev–Trinajstić information content (AvgIpc) is 3.42. The van der Waals surface area contributed by atoms with Gasteiger partial charge in [-0.25, -0.2) is 0 Å². The molecule has 1 aliphatic heterocycles. The van der Waals surface area contributed by atoms with Crippen LogP contribution in [0.2, 0.25) is 0 Å². The SMILES string of the molecule is C=C1CCCCC/N=C(/N)c2nn(CCC)c(CCCc3cc(-c4ccccc4)no3)c21. The van der Waals surface area contributed by atoms with Crippen LogP contribution in [0.1, 0.15) is 68.2 Å². The summed E-state index contributed by atoms with van der Waals surface area (Å²) in [6.45, 7) is 8.21. The normalized spacial score (nSPS) is 16.4. The molecule has 0 aliphatic carbocycles. The average molecular weight is 432 g/mol. The van der Waals surface area contributed by atoms with Crippen molar-refractivity contribution in [1.82, 2.24) is 14.9 Å². The molecule has 0 spiro atoms. The predicted molar refractivity (Wildman–Crippen MR) is 130 cm³/mol. The first kappa shape index (κ1) is 22.1. The number of hydrogen-bond donors (Lipinski definition) is 1. The Balaban J connectivity index is 1.54. The molecule has 0 fully saturated rings. The van der Waals surface area contributed by atoms with Gasteiger partial charge in [0.25, 0.3) is 0 Å². The van der Waals surface area contributed by atoms with E-state index in [9.17, 15) is 0 Å². The van der Waals surface area contributed by atoms with Gasteiger partial charge in [-0.3, -0.25) is 9.67 Å². The molecule has 0 atom stereocenters. The number of rotatable bonds is 7. The van der Waals surface area contributed by atoms with Gasteiger partial charge in [-0.05, 0) is 44.1 Å². The molecule has 1 aliphatic rings. The van der Waals surface area contributed by atoms with Crippen LogP contribution in [0, 0.1) is 0 Å². The van der Waals surface area contributed by atoms with Crippen LogP contribution in [-0.2, 0) is 19.4 Å². The van der Waals surface area contributed by atoms with Gasteiger partial charge in [0.15, 0.2) is 0 Å². The number of benzene rings is 1. The Bertz CT molecular complexity index is 1080. The van der Waals surface area contributed by atoms with Crippen LogP contribution >= 0.6 is 0 Å². The van der Waals surface area contributed by atoms with Gasteiger partial charge in [0, 0.05) is 42.4 Å². The first-order chi connectivity index (χ1) is 15.7. The van der Waals surface area contributed by atoms with Gasteiger partial charge in [0.05, 0.1) is 0 Å². The van der Waals surface area contributed by atoms with Crippen molar-refractivity contribution in [2.24, 2.45) is 10.7 Å². The predicted octanol–water partition coefficient (Wildman–Crippen LogP) is 5.42. The van der Waals surface area contributed by atoms with Crippen LogP contribution in [0.4, 0.5) is 0 Å². The maximum Gasteiger partial charge on any atom is 0.147 e. The van der Waals surface area contributed by atoms with Crippen LogP contribution in [-0.4, -0.2) is 27.3 Å². The lowest BCUT2D eigenvalue weighted by Gasteiger charge is -2.12. The van der Waals surface area contributed by atoms with Crippen molar-refractivity contribution >= 4 is 11.4 Å². The minimum Gasteiger partial charge on any atom is -0.382 e. The molecule has 1 aromatic carbocycles. The summed E-state index contributed by atoms with van der Waals surface area (Å²) in [5.74, 6) is 1.45. The first-order valence-corrected chi connectivity index (χ1v) is 11.8. The Morgan fingerprint density at radius 2 is 1.97 bits per heavy atom. The summed E-state index contributed by atoms with van der Waals surface area (Å²) in [5, 5.41) is 9.12. The molecule has 0 unspecified atom stereocenters. The lowest BCUT2D eigenvalue weighted by molar-refractivity contribution is 0.382. The standard InChI is InChI=1S/C26H33N5O/c1-3-17-31-23(24-19(2)11-6-5-9-16-28-26(27)25(24)29-31)15-10-14-21-18-22(30-32-21)20-12-7-4-8-13-20/h4,7-8,12-13,18H,2-3,5-6,9-11,14-17H2,1H3,(H2,27,28). The van der Waals surface area contributed by atoms with Crippen LogP contribution in [0.15, 0.2) is 52.5 Å². The lowest BCUT2D eigenvalue weighted by atomic mass is 9.95. The van der Waals surface area contributed by atoms with Crippen LogP contribution in [0.5, 0.6) is 0 Å². The molecule has 2 N–H and O–H groups in total. The van der Waals surface area contributed by atoms with Crippen LogP contribution in [0.3, 0.4) is 0 Å². The molecule has 3 heterocycles. The summed E-state index contributed by atoms with van der Waals surface area (Å²) < 4.78 is 7.72. The van der Waals surface area contributed by atoms with Gasteiger partial charge in [-0.2, -0.15) is 5.10 Å². The van der Waals surface area contributed by atoms with Gasteiger partial charge in [-0.1, -0.05) is 55.4 Å². The number of aliphatic imine (C=N–C) groups is 1. The summed E-state index contributed by atoms with van der Waals surface area (Å²) in [6.07, 6.45) is 7.99. The highest BCUT2D eigenvalue weighted by Crippen LogP contribution is 2.29. The second-order valence-electron chi connectivity index (χ2n) is 8.47. The number of nitrogens with two attached hydrogens (primary N) is 1. The number of fused-ring (bicyclic) bond motifs is 1. The Labute approximate surface area is 190 Å². The molecule has 32 heavy (non-hydrogen) atoms. The highest BCUT2D eigenvalue weighted by atomic mass is 16.5. The molecule has 6 nitrogen and oxygen atoms in total. The summed E-state index contributed by atoms with van der Waals surface area (Å²) in [5.41, 5.74) is 12.6. The van der Waals surface area contributed by atoms with Crippen molar-refractivity contribution in [3.63, 3.8) is 0 Å². The van der Waals surface area contributed by atoms with E-state index in [-0.39, 0.29) is 0 Å². The summed E-state index contributed by atoms with van der Waals surface area (Å²) in [6, 6.07) is 12.2. The van der Waals surface area contributed by atoms with E-state index in [2.05, 4.69) is 28.3 Å².